The monoisotopic (exact) mass is 313 g/mol. The number of nitrogens with zero attached hydrogens (tertiary/aromatic N) is 1. The van der Waals surface area contributed by atoms with Gasteiger partial charge in [0.25, 0.3) is 0 Å². The van der Waals surface area contributed by atoms with Crippen molar-refractivity contribution >= 4 is 33.4 Å². The van der Waals surface area contributed by atoms with Crippen LogP contribution in [0.4, 0.5) is 0 Å². The molecule has 0 bridgehead atoms. The lowest BCUT2D eigenvalue weighted by Crippen LogP contribution is -2.06. The molecule has 0 spiro atoms. The normalized spacial score (nSPS) is 10.8. The Bertz CT molecular complexity index is 846. The molecule has 5 heteroatoms. The summed E-state index contributed by atoms with van der Waals surface area (Å²) in [5.74, 6) is -0.0428. The first kappa shape index (κ1) is 14.5. The van der Waals surface area contributed by atoms with Gasteiger partial charge in [0, 0.05) is 31.8 Å². The number of thiophene rings is 1. The number of aromatic nitrogens is 1. The summed E-state index contributed by atoms with van der Waals surface area (Å²) in [6.07, 6.45) is 2.57. The second kappa shape index (κ2) is 5.77. The second-order valence-electron chi connectivity index (χ2n) is 5.08. The summed E-state index contributed by atoms with van der Waals surface area (Å²) < 4.78 is 7.76. The third-order valence-corrected chi connectivity index (χ3v) is 4.40. The highest BCUT2D eigenvalue weighted by Crippen LogP contribution is 2.37. The lowest BCUT2D eigenvalue weighted by molar-refractivity contribution is -0.131. The van der Waals surface area contributed by atoms with E-state index in [2.05, 4.69) is 12.1 Å². The van der Waals surface area contributed by atoms with E-state index < -0.39 is 0 Å². The van der Waals surface area contributed by atoms with Crippen LogP contribution in [0.5, 0.6) is 5.75 Å². The van der Waals surface area contributed by atoms with Gasteiger partial charge in [0.2, 0.25) is 5.91 Å². The summed E-state index contributed by atoms with van der Waals surface area (Å²) in [6.45, 7) is 2.86. The number of carbonyl (C=O) groups excluding carboxylic acids is 2. The molecule has 0 fully saturated rings. The van der Waals surface area contributed by atoms with Crippen molar-refractivity contribution in [2.24, 2.45) is 0 Å². The first-order valence-electron chi connectivity index (χ1n) is 6.91. The van der Waals surface area contributed by atoms with E-state index in [-0.39, 0.29) is 11.9 Å². The average Bonchev–Trinajstić information content (AvgIpc) is 3.02. The molecule has 2 aromatic heterocycles. The highest BCUT2D eigenvalue weighted by molar-refractivity contribution is 7.17. The zero-order valence-corrected chi connectivity index (χ0v) is 13.1. The molecule has 2 heterocycles. The maximum atomic E-state index is 11.9. The second-order valence-corrected chi connectivity index (χ2v) is 5.96. The molecule has 0 N–H and O–H groups in total. The Hall–Kier alpha value is -2.40. The fourth-order valence-corrected chi connectivity index (χ4v) is 3.46. The number of benzene rings is 1. The average molecular weight is 313 g/mol. The van der Waals surface area contributed by atoms with Gasteiger partial charge in [-0.1, -0.05) is 30.3 Å². The van der Waals surface area contributed by atoms with Gasteiger partial charge in [0.15, 0.2) is 5.75 Å². The Balaban J connectivity index is 2.10. The summed E-state index contributed by atoms with van der Waals surface area (Å²) in [6, 6.07) is 10.1. The minimum Gasteiger partial charge on any atom is -0.424 e. The molecule has 0 unspecified atom stereocenters. The molecule has 4 nitrogen and oxygen atoms in total. The van der Waals surface area contributed by atoms with E-state index >= 15 is 0 Å². The van der Waals surface area contributed by atoms with E-state index in [4.69, 9.17) is 4.74 Å². The van der Waals surface area contributed by atoms with Crippen LogP contribution < -0.4 is 4.74 Å². The zero-order valence-electron chi connectivity index (χ0n) is 12.3. The van der Waals surface area contributed by atoms with Gasteiger partial charge in [0.05, 0.1) is 4.70 Å². The standard InChI is InChI=1S/C17H15NO3S/c1-11(19)18-9-14(8-13-6-4-3-5-7-13)17-16(18)15(10-22-17)21-12(2)20/h3-7,9-10H,8H2,1-2H3. The highest BCUT2D eigenvalue weighted by Gasteiger charge is 2.19. The third kappa shape index (κ3) is 2.67. The quantitative estimate of drug-likeness (QED) is 0.689. The van der Waals surface area contributed by atoms with Gasteiger partial charge in [-0.05, 0) is 11.1 Å². The number of ether oxygens (including phenoxy) is 1. The zero-order chi connectivity index (χ0) is 15.7. The fraction of sp³-hybridized carbons (Fsp3) is 0.176. The van der Waals surface area contributed by atoms with Crippen molar-refractivity contribution in [2.45, 2.75) is 20.3 Å². The van der Waals surface area contributed by atoms with E-state index in [1.165, 1.54) is 30.7 Å². The van der Waals surface area contributed by atoms with Crippen LogP contribution in [0, 0.1) is 0 Å². The van der Waals surface area contributed by atoms with Crippen LogP contribution in [-0.4, -0.2) is 16.4 Å². The molecule has 0 aliphatic rings. The number of fused-ring (bicyclic) bond motifs is 1. The number of hydrogen-bond acceptors (Lipinski definition) is 4. The van der Waals surface area contributed by atoms with Gasteiger partial charge in [-0.25, -0.2) is 0 Å². The summed E-state index contributed by atoms with van der Waals surface area (Å²) in [5, 5.41) is 1.78. The smallest absolute Gasteiger partial charge is 0.308 e. The fourth-order valence-electron chi connectivity index (χ4n) is 2.49. The van der Waals surface area contributed by atoms with Crippen LogP contribution in [0.3, 0.4) is 0 Å². The van der Waals surface area contributed by atoms with E-state index in [0.29, 0.717) is 11.3 Å². The van der Waals surface area contributed by atoms with E-state index in [9.17, 15) is 9.59 Å². The molecule has 0 aliphatic carbocycles. The van der Waals surface area contributed by atoms with E-state index in [0.717, 1.165) is 16.7 Å². The maximum absolute atomic E-state index is 11.9. The van der Waals surface area contributed by atoms with Gasteiger partial charge in [0.1, 0.15) is 5.52 Å². The lowest BCUT2D eigenvalue weighted by atomic mass is 10.1. The Morgan fingerprint density at radius 1 is 1.18 bits per heavy atom. The van der Waals surface area contributed by atoms with Crippen molar-refractivity contribution in [1.29, 1.82) is 0 Å². The van der Waals surface area contributed by atoms with Crippen molar-refractivity contribution < 1.29 is 14.3 Å². The van der Waals surface area contributed by atoms with Gasteiger partial charge < -0.3 is 4.74 Å². The Kier molecular flexibility index (Phi) is 3.81. The predicted octanol–water partition coefficient (Wildman–Crippen LogP) is 3.88. The third-order valence-electron chi connectivity index (χ3n) is 3.38. The van der Waals surface area contributed by atoms with E-state index in [1.54, 1.807) is 9.95 Å². The maximum Gasteiger partial charge on any atom is 0.308 e. The number of carbonyl (C=O) groups is 2. The van der Waals surface area contributed by atoms with Crippen LogP contribution in [0.25, 0.3) is 10.2 Å². The highest BCUT2D eigenvalue weighted by atomic mass is 32.1. The van der Waals surface area contributed by atoms with Crippen molar-refractivity contribution in [1.82, 2.24) is 4.57 Å². The van der Waals surface area contributed by atoms with Gasteiger partial charge in [-0.2, -0.15) is 0 Å². The van der Waals surface area contributed by atoms with Crippen LogP contribution in [-0.2, 0) is 11.2 Å². The predicted molar refractivity (Wildman–Crippen MR) is 86.7 cm³/mol. The van der Waals surface area contributed by atoms with Crippen molar-refractivity contribution in [3.8, 4) is 5.75 Å². The van der Waals surface area contributed by atoms with Crippen molar-refractivity contribution in [3.05, 3.63) is 53.0 Å². The summed E-state index contributed by atoms with van der Waals surface area (Å²) in [4.78, 5) is 23.1. The molecule has 0 saturated heterocycles. The number of rotatable bonds is 3. The molecule has 22 heavy (non-hydrogen) atoms. The first-order chi connectivity index (χ1) is 10.6. The minimum atomic E-state index is -0.388. The topological polar surface area (TPSA) is 48.3 Å². The molecule has 1 aromatic carbocycles. The SMILES string of the molecule is CC(=O)Oc1csc2c(Cc3ccccc3)cn(C(C)=O)c12. The Labute approximate surface area is 131 Å². The molecule has 0 saturated carbocycles. The molecule has 0 aliphatic heterocycles. The van der Waals surface area contributed by atoms with Crippen molar-refractivity contribution in [3.63, 3.8) is 0 Å². The van der Waals surface area contributed by atoms with Crippen LogP contribution in [0.1, 0.15) is 29.8 Å². The number of hydrogen-bond donors (Lipinski definition) is 0. The minimum absolute atomic E-state index is 0.101. The Morgan fingerprint density at radius 3 is 2.55 bits per heavy atom. The molecule has 0 radical (unpaired) electrons. The molecule has 0 atom stereocenters. The first-order valence-corrected chi connectivity index (χ1v) is 7.79. The summed E-state index contributed by atoms with van der Waals surface area (Å²) >= 11 is 1.49. The summed E-state index contributed by atoms with van der Waals surface area (Å²) in [5.41, 5.74) is 2.91. The molecule has 3 aromatic rings. The molecule has 3 rings (SSSR count). The van der Waals surface area contributed by atoms with Gasteiger partial charge >= 0.3 is 5.97 Å². The van der Waals surface area contributed by atoms with Gasteiger partial charge in [-0.3, -0.25) is 14.2 Å². The van der Waals surface area contributed by atoms with Crippen molar-refractivity contribution in [2.75, 3.05) is 0 Å². The number of esters is 1. The van der Waals surface area contributed by atoms with Crippen LogP contribution in [0.2, 0.25) is 0 Å². The van der Waals surface area contributed by atoms with Gasteiger partial charge in [-0.15, -0.1) is 11.3 Å². The lowest BCUT2D eigenvalue weighted by Gasteiger charge is -2.01. The molecular formula is C17H15NO3S. The summed E-state index contributed by atoms with van der Waals surface area (Å²) in [7, 11) is 0. The van der Waals surface area contributed by atoms with E-state index in [1.807, 2.05) is 24.4 Å². The molecule has 0 amide bonds. The largest absolute Gasteiger partial charge is 0.424 e. The van der Waals surface area contributed by atoms with Crippen LogP contribution in [0.15, 0.2) is 41.9 Å². The molecular weight excluding hydrogens is 298 g/mol. The Morgan fingerprint density at radius 2 is 1.91 bits per heavy atom. The molecule has 112 valence electrons. The van der Waals surface area contributed by atoms with Crippen LogP contribution >= 0.6 is 11.3 Å².